The zero-order valence-electron chi connectivity index (χ0n) is 11.4. The zero-order chi connectivity index (χ0) is 13.3. The van der Waals surface area contributed by atoms with Crippen LogP contribution in [0.25, 0.3) is 0 Å². The first kappa shape index (κ1) is 13.1. The third kappa shape index (κ3) is 2.56. The molecule has 0 bridgehead atoms. The number of amides is 1. The van der Waals surface area contributed by atoms with Gasteiger partial charge in [0.05, 0.1) is 0 Å². The van der Waals surface area contributed by atoms with E-state index in [0.29, 0.717) is 0 Å². The lowest BCUT2D eigenvalue weighted by Crippen LogP contribution is -2.27. The number of nitrogens with two attached hydrogens (primary N) is 1. The Bertz CT molecular complexity index is 460. The second-order valence-corrected chi connectivity index (χ2v) is 6.12. The summed E-state index contributed by atoms with van der Waals surface area (Å²) in [4.78, 5) is 12.0. The summed E-state index contributed by atoms with van der Waals surface area (Å²) in [5.41, 5.74) is 9.22. The van der Waals surface area contributed by atoms with Gasteiger partial charge in [-0.3, -0.25) is 4.79 Å². The molecule has 1 aromatic carbocycles. The molecule has 1 amide bonds. The Balaban J connectivity index is 2.40. The largest absolute Gasteiger partial charge is 0.352 e. The maximum atomic E-state index is 12.0. The monoisotopic (exact) mass is 246 g/mol. The van der Waals surface area contributed by atoms with Crippen LogP contribution in [0.15, 0.2) is 18.2 Å². The molecule has 0 aromatic heterocycles. The van der Waals surface area contributed by atoms with Gasteiger partial charge >= 0.3 is 0 Å². The van der Waals surface area contributed by atoms with Crippen molar-refractivity contribution in [2.45, 2.75) is 39.7 Å². The third-order valence-corrected chi connectivity index (χ3v) is 3.58. The van der Waals surface area contributed by atoms with Crippen molar-refractivity contribution in [2.24, 2.45) is 11.1 Å². The van der Waals surface area contributed by atoms with Gasteiger partial charge in [-0.2, -0.15) is 0 Å². The molecule has 0 radical (unpaired) electrons. The first-order valence-electron chi connectivity index (χ1n) is 6.56. The van der Waals surface area contributed by atoms with Crippen molar-refractivity contribution in [3.8, 4) is 0 Å². The number of fused-ring (bicyclic) bond motifs is 1. The topological polar surface area (TPSA) is 55.1 Å². The van der Waals surface area contributed by atoms with Crippen LogP contribution in [0.4, 0.5) is 0 Å². The van der Waals surface area contributed by atoms with E-state index in [0.717, 1.165) is 36.1 Å². The van der Waals surface area contributed by atoms with Gasteiger partial charge in [0.25, 0.3) is 5.91 Å². The molecule has 3 nitrogen and oxygen atoms in total. The molecule has 0 aliphatic carbocycles. The number of benzene rings is 1. The lowest BCUT2D eigenvalue weighted by molar-refractivity contribution is 0.0956. The van der Waals surface area contributed by atoms with Gasteiger partial charge in [0.2, 0.25) is 0 Å². The molecule has 0 fully saturated rings. The van der Waals surface area contributed by atoms with Crippen molar-refractivity contribution in [1.82, 2.24) is 5.32 Å². The van der Waals surface area contributed by atoms with Gasteiger partial charge in [-0.25, -0.2) is 0 Å². The van der Waals surface area contributed by atoms with Crippen LogP contribution in [0.2, 0.25) is 0 Å². The Morgan fingerprint density at radius 1 is 1.33 bits per heavy atom. The summed E-state index contributed by atoms with van der Waals surface area (Å²) in [5.74, 6) is 0.0328. The summed E-state index contributed by atoms with van der Waals surface area (Å²) in [6, 6.07) is 6.03. The van der Waals surface area contributed by atoms with Gasteiger partial charge in [0, 0.05) is 18.2 Å². The van der Waals surface area contributed by atoms with E-state index in [1.807, 2.05) is 6.07 Å². The Morgan fingerprint density at radius 3 is 2.72 bits per heavy atom. The summed E-state index contributed by atoms with van der Waals surface area (Å²) in [5, 5.41) is 2.93. The summed E-state index contributed by atoms with van der Waals surface area (Å²) in [6.45, 7) is 7.10. The van der Waals surface area contributed by atoms with Gasteiger partial charge in [0.1, 0.15) is 0 Å². The Hall–Kier alpha value is -1.35. The van der Waals surface area contributed by atoms with Crippen LogP contribution in [0.1, 0.15) is 54.7 Å². The number of nitrogens with one attached hydrogen (secondary N) is 1. The third-order valence-electron chi connectivity index (χ3n) is 3.58. The second-order valence-electron chi connectivity index (χ2n) is 6.12. The summed E-state index contributed by atoms with van der Waals surface area (Å²) >= 11 is 0. The van der Waals surface area contributed by atoms with E-state index in [1.54, 1.807) is 0 Å². The minimum Gasteiger partial charge on any atom is -0.352 e. The Labute approximate surface area is 109 Å². The van der Waals surface area contributed by atoms with Crippen molar-refractivity contribution in [3.63, 3.8) is 0 Å². The number of rotatable bonds is 1. The van der Waals surface area contributed by atoms with Crippen molar-refractivity contribution in [3.05, 3.63) is 34.9 Å². The molecule has 1 aliphatic heterocycles. The molecule has 1 aliphatic rings. The highest BCUT2D eigenvalue weighted by Crippen LogP contribution is 2.31. The SMILES string of the molecule is CC(C)(C)C(N)c1ccc2c(c1)C(=O)NCCC2. The smallest absolute Gasteiger partial charge is 0.251 e. The number of carbonyl (C=O) groups excluding carboxylic acids is 1. The summed E-state index contributed by atoms with van der Waals surface area (Å²) in [6.07, 6.45) is 1.96. The van der Waals surface area contributed by atoms with Crippen molar-refractivity contribution in [2.75, 3.05) is 6.54 Å². The molecule has 0 spiro atoms. The molecule has 3 N–H and O–H groups in total. The fraction of sp³-hybridized carbons (Fsp3) is 0.533. The van der Waals surface area contributed by atoms with Gasteiger partial charge in [-0.15, -0.1) is 0 Å². The van der Waals surface area contributed by atoms with Crippen molar-refractivity contribution < 1.29 is 4.79 Å². The number of hydrogen-bond donors (Lipinski definition) is 2. The molecule has 18 heavy (non-hydrogen) atoms. The van der Waals surface area contributed by atoms with Crippen LogP contribution in [-0.4, -0.2) is 12.5 Å². The predicted molar refractivity (Wildman–Crippen MR) is 73.5 cm³/mol. The quantitative estimate of drug-likeness (QED) is 0.799. The Kier molecular flexibility index (Phi) is 3.44. The molecule has 1 atom stereocenters. The maximum Gasteiger partial charge on any atom is 0.251 e. The van der Waals surface area contributed by atoms with Crippen LogP contribution < -0.4 is 11.1 Å². The number of hydrogen-bond acceptors (Lipinski definition) is 2. The van der Waals surface area contributed by atoms with Crippen LogP contribution in [-0.2, 0) is 6.42 Å². The molecule has 3 heteroatoms. The highest BCUT2D eigenvalue weighted by Gasteiger charge is 2.24. The number of carbonyl (C=O) groups is 1. The van der Waals surface area contributed by atoms with Crippen LogP contribution in [0.5, 0.6) is 0 Å². The highest BCUT2D eigenvalue weighted by molar-refractivity contribution is 5.96. The fourth-order valence-electron chi connectivity index (χ4n) is 2.29. The van der Waals surface area contributed by atoms with E-state index in [-0.39, 0.29) is 17.4 Å². The number of aryl methyl sites for hydroxylation is 1. The van der Waals surface area contributed by atoms with Crippen LogP contribution in [0.3, 0.4) is 0 Å². The van der Waals surface area contributed by atoms with Crippen molar-refractivity contribution in [1.29, 1.82) is 0 Å². The lowest BCUT2D eigenvalue weighted by Gasteiger charge is -2.28. The van der Waals surface area contributed by atoms with Gasteiger partial charge < -0.3 is 11.1 Å². The standard InChI is InChI=1S/C15H22N2O/c1-15(2,3)13(16)11-7-6-10-5-4-8-17-14(18)12(10)9-11/h6-7,9,13H,4-5,8,16H2,1-3H3,(H,17,18). The fourth-order valence-corrected chi connectivity index (χ4v) is 2.29. The molecule has 98 valence electrons. The first-order valence-corrected chi connectivity index (χ1v) is 6.56. The highest BCUT2D eigenvalue weighted by atomic mass is 16.1. The Morgan fingerprint density at radius 2 is 2.06 bits per heavy atom. The summed E-state index contributed by atoms with van der Waals surface area (Å²) < 4.78 is 0. The van der Waals surface area contributed by atoms with Crippen LogP contribution >= 0.6 is 0 Å². The molecule has 1 heterocycles. The van der Waals surface area contributed by atoms with Gasteiger partial charge in [-0.05, 0) is 35.4 Å². The molecular formula is C15H22N2O. The van der Waals surface area contributed by atoms with E-state index in [2.05, 4.69) is 38.2 Å². The maximum absolute atomic E-state index is 12.0. The predicted octanol–water partition coefficient (Wildman–Crippen LogP) is 2.41. The normalized spacial score (nSPS) is 17.7. The minimum atomic E-state index is -0.0566. The van der Waals surface area contributed by atoms with E-state index < -0.39 is 0 Å². The molecule has 0 saturated carbocycles. The lowest BCUT2D eigenvalue weighted by atomic mass is 9.82. The van der Waals surface area contributed by atoms with Crippen LogP contribution in [0, 0.1) is 5.41 Å². The molecular weight excluding hydrogens is 224 g/mol. The molecule has 2 rings (SSSR count). The van der Waals surface area contributed by atoms with E-state index in [1.165, 1.54) is 0 Å². The average molecular weight is 246 g/mol. The zero-order valence-corrected chi connectivity index (χ0v) is 11.4. The van der Waals surface area contributed by atoms with Gasteiger partial charge in [-0.1, -0.05) is 32.9 Å². The molecule has 1 aromatic rings. The second kappa shape index (κ2) is 4.73. The van der Waals surface area contributed by atoms with Gasteiger partial charge in [0.15, 0.2) is 0 Å². The van der Waals surface area contributed by atoms with E-state index in [9.17, 15) is 4.79 Å². The van der Waals surface area contributed by atoms with E-state index >= 15 is 0 Å². The summed E-state index contributed by atoms with van der Waals surface area (Å²) in [7, 11) is 0. The molecule has 1 unspecified atom stereocenters. The minimum absolute atomic E-state index is 0.00452. The molecule has 0 saturated heterocycles. The average Bonchev–Trinajstić information content (AvgIpc) is 2.49. The van der Waals surface area contributed by atoms with Crippen molar-refractivity contribution >= 4 is 5.91 Å². The van der Waals surface area contributed by atoms with E-state index in [4.69, 9.17) is 5.73 Å². The first-order chi connectivity index (χ1) is 8.39.